The Balaban J connectivity index is 1.94. The maximum atomic E-state index is 5.97. The van der Waals surface area contributed by atoms with E-state index in [-0.39, 0.29) is 0 Å². The van der Waals surface area contributed by atoms with Crippen molar-refractivity contribution < 1.29 is 23.7 Å². The van der Waals surface area contributed by atoms with Crippen LogP contribution in [0.4, 0.5) is 0 Å². The van der Waals surface area contributed by atoms with Crippen LogP contribution in [0.5, 0.6) is 28.7 Å². The minimum atomic E-state index is 0.565. The quantitative estimate of drug-likeness (QED) is 0.527. The van der Waals surface area contributed by atoms with Crippen molar-refractivity contribution in [3.63, 3.8) is 0 Å². The first-order chi connectivity index (χ1) is 15.6. The van der Waals surface area contributed by atoms with Crippen molar-refractivity contribution in [2.75, 3.05) is 42.1 Å². The highest BCUT2D eigenvalue weighted by Gasteiger charge is 2.33. The lowest BCUT2D eigenvalue weighted by molar-refractivity contribution is 0.128. The molecule has 0 aromatic heterocycles. The zero-order valence-electron chi connectivity index (χ0n) is 19.5. The Bertz CT molecular complexity index is 1190. The summed E-state index contributed by atoms with van der Waals surface area (Å²) in [6, 6.07) is 6.83. The Labute approximate surface area is 188 Å². The molecule has 2 heterocycles. The number of ether oxygens (including phenoxy) is 5. The first kappa shape index (κ1) is 21.0. The summed E-state index contributed by atoms with van der Waals surface area (Å²) in [6.07, 6.45) is 4.80. The van der Waals surface area contributed by atoms with E-state index in [1.54, 1.807) is 35.5 Å². The lowest BCUT2D eigenvalue weighted by Crippen LogP contribution is -2.43. The predicted molar refractivity (Wildman–Crippen MR) is 126 cm³/mol. The van der Waals surface area contributed by atoms with Crippen LogP contribution in [0.3, 0.4) is 0 Å². The molecule has 1 saturated heterocycles. The number of hydrogen-bond donors (Lipinski definition) is 0. The summed E-state index contributed by atoms with van der Waals surface area (Å²) in [5.74, 6) is 3.48. The van der Waals surface area contributed by atoms with Crippen LogP contribution < -0.4 is 23.7 Å². The second-order valence-corrected chi connectivity index (χ2v) is 8.60. The van der Waals surface area contributed by atoms with E-state index in [0.717, 1.165) is 47.2 Å². The summed E-state index contributed by atoms with van der Waals surface area (Å²) >= 11 is 0. The van der Waals surface area contributed by atoms with Crippen molar-refractivity contribution in [2.45, 2.75) is 38.3 Å². The monoisotopic (exact) mass is 437 g/mol. The molecule has 0 aliphatic carbocycles. The largest absolute Gasteiger partial charge is 0.493 e. The molecule has 0 radical (unpaired) electrons. The van der Waals surface area contributed by atoms with E-state index in [1.807, 2.05) is 0 Å². The lowest BCUT2D eigenvalue weighted by atomic mass is 9.82. The molecule has 0 saturated carbocycles. The molecule has 1 fully saturated rings. The Morgan fingerprint density at radius 3 is 2.00 bits per heavy atom. The van der Waals surface area contributed by atoms with Gasteiger partial charge in [-0.1, -0.05) is 6.42 Å². The molecule has 1 atom stereocenters. The maximum absolute atomic E-state index is 5.97. The second kappa shape index (κ2) is 8.24. The first-order valence-electron chi connectivity index (χ1n) is 11.2. The zero-order valence-corrected chi connectivity index (χ0v) is 19.5. The summed E-state index contributed by atoms with van der Waals surface area (Å²) in [6.45, 7) is 2.08. The van der Waals surface area contributed by atoms with Gasteiger partial charge in [0.05, 0.1) is 35.5 Å². The average molecular weight is 438 g/mol. The SMILES string of the molecule is COc1cc2c3c(c4c(OC)c(OC)c(OC)cc4c2cc1OC)CC1CCCCN1C3. The van der Waals surface area contributed by atoms with Gasteiger partial charge in [-0.3, -0.25) is 4.90 Å². The second-order valence-electron chi connectivity index (χ2n) is 8.60. The molecule has 2 aliphatic heterocycles. The summed E-state index contributed by atoms with van der Waals surface area (Å²) < 4.78 is 28.8. The van der Waals surface area contributed by atoms with Crippen LogP contribution in [0, 0.1) is 0 Å². The van der Waals surface area contributed by atoms with Gasteiger partial charge in [0.2, 0.25) is 5.75 Å². The molecule has 3 aromatic rings. The number of methoxy groups -OCH3 is 5. The minimum Gasteiger partial charge on any atom is -0.493 e. The number of hydrogen-bond acceptors (Lipinski definition) is 6. The molecule has 170 valence electrons. The highest BCUT2D eigenvalue weighted by Crippen LogP contribution is 2.51. The summed E-state index contributed by atoms with van der Waals surface area (Å²) in [5.41, 5.74) is 2.69. The van der Waals surface area contributed by atoms with Crippen molar-refractivity contribution in [3.8, 4) is 28.7 Å². The third-order valence-electron chi connectivity index (χ3n) is 7.19. The zero-order chi connectivity index (χ0) is 22.4. The third-order valence-corrected chi connectivity index (χ3v) is 7.19. The summed E-state index contributed by atoms with van der Waals surface area (Å²) in [5, 5.41) is 4.50. The first-order valence-corrected chi connectivity index (χ1v) is 11.2. The molecule has 3 aromatic carbocycles. The van der Waals surface area contributed by atoms with E-state index in [4.69, 9.17) is 23.7 Å². The molecule has 0 bridgehead atoms. The molecular formula is C26H31NO5. The van der Waals surface area contributed by atoms with Gasteiger partial charge in [0.1, 0.15) is 0 Å². The highest BCUT2D eigenvalue weighted by molar-refractivity contribution is 6.15. The predicted octanol–water partition coefficient (Wildman–Crippen LogP) is 4.95. The van der Waals surface area contributed by atoms with E-state index in [1.165, 1.54) is 35.8 Å². The Morgan fingerprint density at radius 2 is 1.34 bits per heavy atom. The molecule has 5 rings (SSSR count). The summed E-state index contributed by atoms with van der Waals surface area (Å²) in [4.78, 5) is 2.64. The van der Waals surface area contributed by atoms with Crippen molar-refractivity contribution in [1.82, 2.24) is 4.90 Å². The van der Waals surface area contributed by atoms with Gasteiger partial charge in [-0.25, -0.2) is 0 Å². The standard InChI is InChI=1S/C26H31NO5/c1-28-21-11-16-17(12-22(21)29-2)20-14-27-9-7-6-8-15(27)10-18(20)24-19(16)13-23(30-3)25(31-4)26(24)32-5/h11-13,15H,6-10,14H2,1-5H3. The molecular weight excluding hydrogens is 406 g/mol. The van der Waals surface area contributed by atoms with Crippen molar-refractivity contribution >= 4 is 21.5 Å². The van der Waals surface area contributed by atoms with Gasteiger partial charge in [-0.05, 0) is 71.3 Å². The van der Waals surface area contributed by atoms with E-state index in [9.17, 15) is 0 Å². The molecule has 2 aliphatic rings. The highest BCUT2D eigenvalue weighted by atomic mass is 16.5. The number of piperidine rings is 1. The maximum Gasteiger partial charge on any atom is 0.203 e. The minimum absolute atomic E-state index is 0.565. The molecule has 1 unspecified atom stereocenters. The van der Waals surface area contributed by atoms with Gasteiger partial charge in [0, 0.05) is 18.0 Å². The number of fused-ring (bicyclic) bond motifs is 7. The van der Waals surface area contributed by atoms with E-state index < -0.39 is 0 Å². The van der Waals surface area contributed by atoms with Crippen LogP contribution >= 0.6 is 0 Å². The number of benzene rings is 3. The fourth-order valence-electron chi connectivity index (χ4n) is 5.68. The van der Waals surface area contributed by atoms with Gasteiger partial charge in [0.15, 0.2) is 23.0 Å². The molecule has 6 nitrogen and oxygen atoms in total. The van der Waals surface area contributed by atoms with E-state index in [2.05, 4.69) is 23.1 Å². The van der Waals surface area contributed by atoms with Crippen LogP contribution in [-0.2, 0) is 13.0 Å². The van der Waals surface area contributed by atoms with Gasteiger partial charge in [-0.2, -0.15) is 0 Å². The molecule has 0 amide bonds. The smallest absolute Gasteiger partial charge is 0.203 e. The normalized spacial score (nSPS) is 18.2. The van der Waals surface area contributed by atoms with Crippen molar-refractivity contribution in [2.24, 2.45) is 0 Å². The van der Waals surface area contributed by atoms with Crippen molar-refractivity contribution in [3.05, 3.63) is 29.3 Å². The topological polar surface area (TPSA) is 49.4 Å². The molecule has 6 heteroatoms. The van der Waals surface area contributed by atoms with Gasteiger partial charge in [0.25, 0.3) is 0 Å². The van der Waals surface area contributed by atoms with Crippen molar-refractivity contribution in [1.29, 1.82) is 0 Å². The molecule has 0 N–H and O–H groups in total. The van der Waals surface area contributed by atoms with Crippen LogP contribution in [0.1, 0.15) is 30.4 Å². The van der Waals surface area contributed by atoms with E-state index >= 15 is 0 Å². The average Bonchev–Trinajstić information content (AvgIpc) is 2.85. The lowest BCUT2D eigenvalue weighted by Gasteiger charge is -2.41. The Hall–Kier alpha value is -2.86. The summed E-state index contributed by atoms with van der Waals surface area (Å²) in [7, 11) is 8.39. The Morgan fingerprint density at radius 1 is 0.688 bits per heavy atom. The van der Waals surface area contributed by atoms with Gasteiger partial charge < -0.3 is 23.7 Å². The fraction of sp³-hybridized carbons (Fsp3) is 0.462. The van der Waals surface area contributed by atoms with Crippen LogP contribution in [0.2, 0.25) is 0 Å². The van der Waals surface area contributed by atoms with Crippen LogP contribution in [0.25, 0.3) is 21.5 Å². The fourth-order valence-corrected chi connectivity index (χ4v) is 5.68. The molecule has 32 heavy (non-hydrogen) atoms. The third kappa shape index (κ3) is 3.04. The van der Waals surface area contributed by atoms with Crippen LogP contribution in [0.15, 0.2) is 18.2 Å². The van der Waals surface area contributed by atoms with Gasteiger partial charge in [-0.15, -0.1) is 0 Å². The number of nitrogens with zero attached hydrogens (tertiary/aromatic N) is 1. The van der Waals surface area contributed by atoms with Crippen LogP contribution in [-0.4, -0.2) is 53.0 Å². The van der Waals surface area contributed by atoms with Gasteiger partial charge >= 0.3 is 0 Å². The van der Waals surface area contributed by atoms with E-state index in [0.29, 0.717) is 23.3 Å². The molecule has 0 spiro atoms. The Kier molecular flexibility index (Phi) is 5.41. The number of rotatable bonds is 5.